The van der Waals surface area contributed by atoms with Crippen molar-refractivity contribution in [3.05, 3.63) is 40.7 Å². The summed E-state index contributed by atoms with van der Waals surface area (Å²) in [6, 6.07) is 10.9. The first-order valence-corrected chi connectivity index (χ1v) is 8.27. The SMILES string of the molecule is CNC(CSC)Cc1nc(-c2ccccc2)cs1. The van der Waals surface area contributed by atoms with Gasteiger partial charge in [0.15, 0.2) is 0 Å². The molecule has 0 aliphatic heterocycles. The number of aromatic nitrogens is 1. The van der Waals surface area contributed by atoms with Gasteiger partial charge in [-0.05, 0) is 13.3 Å². The summed E-state index contributed by atoms with van der Waals surface area (Å²) in [6.07, 6.45) is 3.15. The summed E-state index contributed by atoms with van der Waals surface area (Å²) in [7, 11) is 2.02. The van der Waals surface area contributed by atoms with Crippen LogP contribution in [-0.2, 0) is 6.42 Å². The molecule has 0 amide bonds. The second-order valence-electron chi connectivity index (χ2n) is 4.14. The van der Waals surface area contributed by atoms with Crippen molar-refractivity contribution in [2.45, 2.75) is 12.5 Å². The highest BCUT2D eigenvalue weighted by atomic mass is 32.2. The monoisotopic (exact) mass is 278 g/mol. The molecule has 0 aliphatic rings. The molecule has 1 aromatic carbocycles. The quantitative estimate of drug-likeness (QED) is 0.877. The highest BCUT2D eigenvalue weighted by molar-refractivity contribution is 7.98. The van der Waals surface area contributed by atoms with Crippen LogP contribution in [0.1, 0.15) is 5.01 Å². The molecule has 2 nitrogen and oxygen atoms in total. The molecule has 0 bridgehead atoms. The molecule has 2 rings (SSSR count). The van der Waals surface area contributed by atoms with E-state index in [1.54, 1.807) is 11.3 Å². The third kappa shape index (κ3) is 3.57. The van der Waals surface area contributed by atoms with Gasteiger partial charge < -0.3 is 5.32 Å². The lowest BCUT2D eigenvalue weighted by molar-refractivity contribution is 0.616. The van der Waals surface area contributed by atoms with Crippen LogP contribution in [0, 0.1) is 0 Å². The molecule has 2 aromatic rings. The molecular weight excluding hydrogens is 260 g/mol. The molecule has 1 atom stereocenters. The molecule has 18 heavy (non-hydrogen) atoms. The summed E-state index contributed by atoms with van der Waals surface area (Å²) in [4.78, 5) is 4.72. The van der Waals surface area contributed by atoms with Crippen molar-refractivity contribution in [1.29, 1.82) is 0 Å². The van der Waals surface area contributed by atoms with Crippen molar-refractivity contribution in [3.8, 4) is 11.3 Å². The molecule has 96 valence electrons. The van der Waals surface area contributed by atoms with E-state index in [9.17, 15) is 0 Å². The van der Waals surface area contributed by atoms with Gasteiger partial charge in [0.2, 0.25) is 0 Å². The minimum atomic E-state index is 0.509. The Bertz CT molecular complexity index is 468. The smallest absolute Gasteiger partial charge is 0.0948 e. The molecule has 0 aliphatic carbocycles. The zero-order chi connectivity index (χ0) is 12.8. The highest BCUT2D eigenvalue weighted by Crippen LogP contribution is 2.22. The second-order valence-corrected chi connectivity index (χ2v) is 5.99. The van der Waals surface area contributed by atoms with Crippen LogP contribution in [0.3, 0.4) is 0 Å². The van der Waals surface area contributed by atoms with E-state index in [0.29, 0.717) is 6.04 Å². The van der Waals surface area contributed by atoms with Gasteiger partial charge in [0.05, 0.1) is 10.7 Å². The topological polar surface area (TPSA) is 24.9 Å². The van der Waals surface area contributed by atoms with Crippen LogP contribution < -0.4 is 5.32 Å². The van der Waals surface area contributed by atoms with E-state index < -0.39 is 0 Å². The van der Waals surface area contributed by atoms with Gasteiger partial charge in [-0.1, -0.05) is 30.3 Å². The Morgan fingerprint density at radius 2 is 2.11 bits per heavy atom. The van der Waals surface area contributed by atoms with E-state index in [1.807, 2.05) is 24.9 Å². The number of likely N-dealkylation sites (N-methyl/N-ethyl adjacent to an activating group) is 1. The molecule has 0 saturated heterocycles. The lowest BCUT2D eigenvalue weighted by atomic mass is 10.2. The number of nitrogens with one attached hydrogen (secondary N) is 1. The minimum Gasteiger partial charge on any atom is -0.316 e. The maximum Gasteiger partial charge on any atom is 0.0948 e. The minimum absolute atomic E-state index is 0.509. The van der Waals surface area contributed by atoms with E-state index in [-0.39, 0.29) is 0 Å². The highest BCUT2D eigenvalue weighted by Gasteiger charge is 2.10. The van der Waals surface area contributed by atoms with E-state index >= 15 is 0 Å². The Kier molecular flexibility index (Phi) is 5.23. The predicted octanol–water partition coefficient (Wildman–Crippen LogP) is 3.30. The molecule has 1 unspecified atom stereocenters. The number of hydrogen-bond donors (Lipinski definition) is 1. The van der Waals surface area contributed by atoms with Crippen LogP contribution in [0.4, 0.5) is 0 Å². The number of nitrogens with zero attached hydrogens (tertiary/aromatic N) is 1. The molecular formula is C14H18N2S2. The second kappa shape index (κ2) is 6.92. The van der Waals surface area contributed by atoms with Crippen molar-refractivity contribution in [1.82, 2.24) is 10.3 Å². The Hall–Kier alpha value is -0.840. The predicted molar refractivity (Wildman–Crippen MR) is 82.5 cm³/mol. The third-order valence-corrected chi connectivity index (χ3v) is 4.43. The first kappa shape index (κ1) is 13.6. The first-order chi connectivity index (χ1) is 8.83. The average molecular weight is 278 g/mol. The number of thiazole rings is 1. The van der Waals surface area contributed by atoms with E-state index in [0.717, 1.165) is 17.9 Å². The summed E-state index contributed by atoms with van der Waals surface area (Å²) in [5.41, 5.74) is 2.29. The van der Waals surface area contributed by atoms with E-state index in [4.69, 9.17) is 4.98 Å². The van der Waals surface area contributed by atoms with Crippen molar-refractivity contribution in [2.24, 2.45) is 0 Å². The van der Waals surface area contributed by atoms with Crippen LogP contribution in [0.25, 0.3) is 11.3 Å². The van der Waals surface area contributed by atoms with Gasteiger partial charge in [-0.2, -0.15) is 11.8 Å². The van der Waals surface area contributed by atoms with Crippen molar-refractivity contribution >= 4 is 23.1 Å². The van der Waals surface area contributed by atoms with Crippen LogP contribution in [-0.4, -0.2) is 30.1 Å². The van der Waals surface area contributed by atoms with E-state index in [1.165, 1.54) is 10.6 Å². The lowest BCUT2D eigenvalue weighted by Crippen LogP contribution is -2.29. The largest absolute Gasteiger partial charge is 0.316 e. The molecule has 1 aromatic heterocycles. The summed E-state index contributed by atoms with van der Waals surface area (Å²) in [5.74, 6) is 1.12. The fourth-order valence-electron chi connectivity index (χ4n) is 1.80. The van der Waals surface area contributed by atoms with Gasteiger partial charge in [0, 0.05) is 29.2 Å². The Morgan fingerprint density at radius 1 is 1.33 bits per heavy atom. The van der Waals surface area contributed by atoms with Gasteiger partial charge in [-0.15, -0.1) is 11.3 Å². The Labute approximate surface area is 117 Å². The van der Waals surface area contributed by atoms with Crippen molar-refractivity contribution in [3.63, 3.8) is 0 Å². The number of hydrogen-bond acceptors (Lipinski definition) is 4. The summed E-state index contributed by atoms with van der Waals surface area (Å²) < 4.78 is 0. The van der Waals surface area contributed by atoms with Crippen LogP contribution in [0.15, 0.2) is 35.7 Å². The summed E-state index contributed by atoms with van der Waals surface area (Å²) >= 11 is 3.62. The van der Waals surface area contributed by atoms with Gasteiger partial charge in [-0.3, -0.25) is 0 Å². The fraction of sp³-hybridized carbons (Fsp3) is 0.357. The molecule has 0 spiro atoms. The third-order valence-electron chi connectivity index (χ3n) is 2.82. The van der Waals surface area contributed by atoms with Gasteiger partial charge in [0.1, 0.15) is 0 Å². The molecule has 0 fully saturated rings. The van der Waals surface area contributed by atoms with Crippen LogP contribution in [0.5, 0.6) is 0 Å². The zero-order valence-electron chi connectivity index (χ0n) is 10.7. The fourth-order valence-corrected chi connectivity index (χ4v) is 3.37. The van der Waals surface area contributed by atoms with Gasteiger partial charge in [0.25, 0.3) is 0 Å². The molecule has 1 heterocycles. The Balaban J connectivity index is 2.06. The molecule has 1 N–H and O–H groups in total. The first-order valence-electron chi connectivity index (χ1n) is 5.99. The standard InChI is InChI=1S/C14H18N2S2/c1-15-12(9-17-2)8-14-16-13(10-18-14)11-6-4-3-5-7-11/h3-7,10,12,15H,8-9H2,1-2H3. The number of rotatable bonds is 6. The van der Waals surface area contributed by atoms with Gasteiger partial charge >= 0.3 is 0 Å². The van der Waals surface area contributed by atoms with Crippen molar-refractivity contribution < 1.29 is 0 Å². The van der Waals surface area contributed by atoms with Crippen molar-refractivity contribution in [2.75, 3.05) is 19.1 Å². The normalized spacial score (nSPS) is 12.6. The molecule has 0 saturated carbocycles. The molecule has 0 radical (unpaired) electrons. The lowest BCUT2D eigenvalue weighted by Gasteiger charge is -2.12. The number of thioether (sulfide) groups is 1. The zero-order valence-corrected chi connectivity index (χ0v) is 12.4. The maximum absolute atomic E-state index is 4.72. The van der Waals surface area contributed by atoms with Gasteiger partial charge in [-0.25, -0.2) is 4.98 Å². The number of benzene rings is 1. The van der Waals surface area contributed by atoms with E-state index in [2.05, 4.69) is 41.2 Å². The Morgan fingerprint density at radius 3 is 2.78 bits per heavy atom. The summed E-state index contributed by atoms with van der Waals surface area (Å²) in [5, 5.41) is 6.71. The average Bonchev–Trinajstić information content (AvgIpc) is 2.88. The van der Waals surface area contributed by atoms with Crippen LogP contribution >= 0.6 is 23.1 Å². The molecule has 4 heteroatoms. The maximum atomic E-state index is 4.72. The summed E-state index contributed by atoms with van der Waals surface area (Å²) in [6.45, 7) is 0. The van der Waals surface area contributed by atoms with Crippen LogP contribution in [0.2, 0.25) is 0 Å².